The summed E-state index contributed by atoms with van der Waals surface area (Å²) in [7, 11) is 0. The van der Waals surface area contributed by atoms with Crippen LogP contribution in [-0.2, 0) is 23.2 Å². The van der Waals surface area contributed by atoms with Gasteiger partial charge in [0.25, 0.3) is 5.69 Å². The summed E-state index contributed by atoms with van der Waals surface area (Å²) >= 11 is 2.15. The Kier molecular flexibility index (Phi) is 9.62. The number of amides is 1. The summed E-state index contributed by atoms with van der Waals surface area (Å²) < 4.78 is 12.6. The SMILES string of the molecule is CCOc1cc(/C=N\NC(=O)Cc2ccc(C(C)(C)C)cc2)cc(I)c1OCc1ccc([N+](=O)[O-])cc1. The minimum Gasteiger partial charge on any atom is -0.490 e. The van der Waals surface area contributed by atoms with Gasteiger partial charge in [-0.15, -0.1) is 0 Å². The van der Waals surface area contributed by atoms with Crippen LogP contribution in [0.15, 0.2) is 65.8 Å². The van der Waals surface area contributed by atoms with Gasteiger partial charge in [0.05, 0.1) is 27.7 Å². The first-order chi connectivity index (χ1) is 17.6. The van der Waals surface area contributed by atoms with Crippen molar-refractivity contribution in [2.75, 3.05) is 6.61 Å². The molecule has 194 valence electrons. The Labute approximate surface area is 230 Å². The Bertz CT molecular complexity index is 1270. The summed E-state index contributed by atoms with van der Waals surface area (Å²) in [5, 5.41) is 14.9. The van der Waals surface area contributed by atoms with Crippen LogP contribution >= 0.6 is 22.6 Å². The highest BCUT2D eigenvalue weighted by atomic mass is 127. The minimum atomic E-state index is -0.437. The molecule has 0 aliphatic rings. The zero-order chi connectivity index (χ0) is 27.0. The molecule has 3 rings (SSSR count). The maximum atomic E-state index is 12.3. The van der Waals surface area contributed by atoms with E-state index in [-0.39, 0.29) is 30.0 Å². The smallest absolute Gasteiger partial charge is 0.269 e. The molecule has 3 aromatic carbocycles. The highest BCUT2D eigenvalue weighted by molar-refractivity contribution is 14.1. The van der Waals surface area contributed by atoms with E-state index in [1.54, 1.807) is 24.4 Å². The van der Waals surface area contributed by atoms with Crippen LogP contribution < -0.4 is 14.9 Å². The maximum absolute atomic E-state index is 12.3. The molecule has 0 radical (unpaired) electrons. The zero-order valence-corrected chi connectivity index (χ0v) is 23.4. The van der Waals surface area contributed by atoms with Crippen LogP contribution in [0.1, 0.15) is 49.9 Å². The number of nitro benzene ring substituents is 1. The highest BCUT2D eigenvalue weighted by Crippen LogP contribution is 2.34. The fraction of sp³-hybridized carbons (Fsp3) is 0.286. The monoisotopic (exact) mass is 615 g/mol. The predicted octanol–water partition coefficient (Wildman–Crippen LogP) is 6.17. The van der Waals surface area contributed by atoms with E-state index in [1.807, 2.05) is 37.3 Å². The third-order valence-electron chi connectivity index (χ3n) is 5.45. The van der Waals surface area contributed by atoms with Gasteiger partial charge in [-0.05, 0) is 81.4 Å². The van der Waals surface area contributed by atoms with E-state index in [9.17, 15) is 14.9 Å². The number of hydrogen-bond acceptors (Lipinski definition) is 6. The third-order valence-corrected chi connectivity index (χ3v) is 6.25. The van der Waals surface area contributed by atoms with E-state index in [0.29, 0.717) is 18.1 Å². The fourth-order valence-corrected chi connectivity index (χ4v) is 4.24. The van der Waals surface area contributed by atoms with Crippen molar-refractivity contribution >= 4 is 40.4 Å². The second kappa shape index (κ2) is 12.7. The molecule has 1 N–H and O–H groups in total. The van der Waals surface area contributed by atoms with Gasteiger partial charge < -0.3 is 9.47 Å². The lowest BCUT2D eigenvalue weighted by molar-refractivity contribution is -0.384. The third kappa shape index (κ3) is 8.28. The fourth-order valence-electron chi connectivity index (χ4n) is 3.46. The van der Waals surface area contributed by atoms with Gasteiger partial charge in [0.1, 0.15) is 6.61 Å². The van der Waals surface area contributed by atoms with Crippen molar-refractivity contribution in [3.05, 3.63) is 96.6 Å². The molecular weight excluding hydrogens is 585 g/mol. The number of nitro groups is 1. The van der Waals surface area contributed by atoms with Crippen molar-refractivity contribution in [3.8, 4) is 11.5 Å². The van der Waals surface area contributed by atoms with Gasteiger partial charge >= 0.3 is 0 Å². The molecule has 1 amide bonds. The molecule has 0 aliphatic heterocycles. The van der Waals surface area contributed by atoms with Gasteiger partial charge in [0.15, 0.2) is 11.5 Å². The molecular formula is C28H30IN3O5. The second-order valence-electron chi connectivity index (χ2n) is 9.39. The summed E-state index contributed by atoms with van der Waals surface area (Å²) in [6.07, 6.45) is 1.80. The second-order valence-corrected chi connectivity index (χ2v) is 10.6. The molecule has 3 aromatic rings. The number of carbonyl (C=O) groups excluding carboxylic acids is 1. The standard InChI is InChI=1S/C28H30IN3O5/c1-5-36-25-15-21(14-24(29)27(25)37-18-20-8-12-23(13-9-20)32(34)35)17-30-31-26(33)16-19-6-10-22(11-7-19)28(2,3)4/h6-15,17H,5,16,18H2,1-4H3,(H,31,33)/b30-17-. The Morgan fingerprint density at radius 1 is 1.05 bits per heavy atom. The van der Waals surface area contributed by atoms with Crippen molar-refractivity contribution < 1.29 is 19.2 Å². The molecule has 0 spiro atoms. The number of nitrogens with one attached hydrogen (secondary N) is 1. The van der Waals surface area contributed by atoms with E-state index in [4.69, 9.17) is 9.47 Å². The lowest BCUT2D eigenvalue weighted by Crippen LogP contribution is -2.20. The van der Waals surface area contributed by atoms with Gasteiger partial charge in [-0.25, -0.2) is 5.43 Å². The molecule has 0 fully saturated rings. The molecule has 0 atom stereocenters. The normalized spacial score (nSPS) is 11.4. The molecule has 9 heteroatoms. The molecule has 0 aromatic heterocycles. The van der Waals surface area contributed by atoms with Crippen molar-refractivity contribution in [3.63, 3.8) is 0 Å². The lowest BCUT2D eigenvalue weighted by Gasteiger charge is -2.19. The number of hydrogen-bond donors (Lipinski definition) is 1. The number of halogens is 1. The van der Waals surface area contributed by atoms with E-state index in [0.717, 1.165) is 20.3 Å². The quantitative estimate of drug-likeness (QED) is 0.127. The number of ether oxygens (including phenoxy) is 2. The van der Waals surface area contributed by atoms with Gasteiger partial charge in [-0.3, -0.25) is 14.9 Å². The summed E-state index contributed by atoms with van der Waals surface area (Å²) in [6, 6.07) is 17.9. The Morgan fingerprint density at radius 2 is 1.70 bits per heavy atom. The Hall–Kier alpha value is -3.47. The first-order valence-electron chi connectivity index (χ1n) is 11.8. The van der Waals surface area contributed by atoms with E-state index >= 15 is 0 Å². The van der Waals surface area contributed by atoms with Gasteiger partial charge in [0.2, 0.25) is 5.91 Å². The minimum absolute atomic E-state index is 0.0301. The number of carbonyl (C=O) groups is 1. The van der Waals surface area contributed by atoms with Crippen LogP contribution in [0.3, 0.4) is 0 Å². The molecule has 0 unspecified atom stereocenters. The summed E-state index contributed by atoms with van der Waals surface area (Å²) in [4.78, 5) is 22.8. The number of benzene rings is 3. The number of rotatable bonds is 10. The van der Waals surface area contributed by atoms with Crippen LogP contribution in [0.5, 0.6) is 11.5 Å². The summed E-state index contributed by atoms with van der Waals surface area (Å²) in [6.45, 7) is 9.00. The highest BCUT2D eigenvalue weighted by Gasteiger charge is 2.14. The molecule has 0 bridgehead atoms. The van der Waals surface area contributed by atoms with Crippen LogP contribution in [-0.4, -0.2) is 23.7 Å². The Morgan fingerprint density at radius 3 is 2.30 bits per heavy atom. The van der Waals surface area contributed by atoms with Gasteiger partial charge in [0, 0.05) is 12.1 Å². The molecule has 0 saturated carbocycles. The number of hydrazone groups is 1. The molecule has 0 aliphatic carbocycles. The average Bonchev–Trinajstić information content (AvgIpc) is 2.84. The molecule has 8 nitrogen and oxygen atoms in total. The summed E-state index contributed by atoms with van der Waals surface area (Å²) in [5.41, 5.74) is 6.35. The summed E-state index contributed by atoms with van der Waals surface area (Å²) in [5.74, 6) is 0.909. The largest absolute Gasteiger partial charge is 0.490 e. The van der Waals surface area contributed by atoms with E-state index in [1.165, 1.54) is 17.7 Å². The lowest BCUT2D eigenvalue weighted by atomic mass is 9.86. The van der Waals surface area contributed by atoms with Crippen molar-refractivity contribution in [1.29, 1.82) is 0 Å². The van der Waals surface area contributed by atoms with Gasteiger partial charge in [-0.1, -0.05) is 45.0 Å². The van der Waals surface area contributed by atoms with Crippen LogP contribution in [0.25, 0.3) is 0 Å². The molecule has 37 heavy (non-hydrogen) atoms. The Balaban J connectivity index is 1.63. The first kappa shape index (κ1) is 28.1. The molecule has 0 saturated heterocycles. The topological polar surface area (TPSA) is 103 Å². The zero-order valence-electron chi connectivity index (χ0n) is 21.3. The average molecular weight is 615 g/mol. The number of nitrogens with zero attached hydrogens (tertiary/aromatic N) is 2. The van der Waals surface area contributed by atoms with Gasteiger partial charge in [-0.2, -0.15) is 5.10 Å². The van der Waals surface area contributed by atoms with Crippen LogP contribution in [0.4, 0.5) is 5.69 Å². The van der Waals surface area contributed by atoms with Crippen LogP contribution in [0, 0.1) is 13.7 Å². The van der Waals surface area contributed by atoms with Crippen molar-refractivity contribution in [2.24, 2.45) is 5.10 Å². The van der Waals surface area contributed by atoms with E-state index in [2.05, 4.69) is 53.9 Å². The first-order valence-corrected chi connectivity index (χ1v) is 12.9. The van der Waals surface area contributed by atoms with E-state index < -0.39 is 4.92 Å². The molecule has 0 heterocycles. The number of non-ortho nitro benzene ring substituents is 1. The van der Waals surface area contributed by atoms with Crippen molar-refractivity contribution in [1.82, 2.24) is 5.43 Å². The van der Waals surface area contributed by atoms with Crippen LogP contribution in [0.2, 0.25) is 0 Å². The predicted molar refractivity (Wildman–Crippen MR) is 152 cm³/mol. The maximum Gasteiger partial charge on any atom is 0.269 e. The van der Waals surface area contributed by atoms with Crippen molar-refractivity contribution in [2.45, 2.75) is 46.1 Å².